The molecule has 0 saturated heterocycles. The molecule has 0 bridgehead atoms. The second kappa shape index (κ2) is 5.34. The molecule has 0 rings (SSSR count). The fraction of sp³-hybridized carbons (Fsp3) is 0. The van der Waals surface area contributed by atoms with E-state index in [0.29, 0.717) is 0 Å². The average molecular weight is 118 g/mol. The second-order valence-electron chi connectivity index (χ2n) is 0.770. The predicted molar refractivity (Wildman–Crippen MR) is 37.7 cm³/mol. The molecule has 0 fully saturated rings. The summed E-state index contributed by atoms with van der Waals surface area (Å²) in [7, 11) is 4.98. The molecule has 2 unspecified atom stereocenters. The molecule has 0 aromatic carbocycles. The molecule has 2 atom stereocenters. The third-order valence-electron chi connectivity index (χ3n) is 0.333. The Morgan fingerprint density at radius 2 is 1.17 bits per heavy atom. The van der Waals surface area contributed by atoms with Gasteiger partial charge in [0.25, 0.3) is 0 Å². The fourth-order valence-corrected chi connectivity index (χ4v) is 0.385. The van der Waals surface area contributed by atoms with E-state index in [4.69, 9.17) is 0 Å². The monoisotopic (exact) mass is 118 g/mol. The molecule has 0 aromatic rings. The van der Waals surface area contributed by atoms with Gasteiger partial charge in [-0.2, -0.15) is 0 Å². The van der Waals surface area contributed by atoms with Gasteiger partial charge in [0, 0.05) is 0 Å². The maximum absolute atomic E-state index is 2.49. The van der Waals surface area contributed by atoms with Crippen LogP contribution in [0.5, 0.6) is 0 Å². The van der Waals surface area contributed by atoms with Crippen LogP contribution in [0.15, 0.2) is 23.8 Å². The Bertz CT molecular complexity index is 53.9. The maximum Gasteiger partial charge on any atom is -0.0623 e. The van der Waals surface area contributed by atoms with Crippen molar-refractivity contribution in [3.63, 3.8) is 0 Å². The first-order valence-corrected chi connectivity index (χ1v) is 3.00. The molecule has 0 nitrogen and oxygen atoms in total. The summed E-state index contributed by atoms with van der Waals surface area (Å²) in [6, 6.07) is 0. The van der Waals surface area contributed by atoms with E-state index < -0.39 is 0 Å². The van der Waals surface area contributed by atoms with Crippen molar-refractivity contribution < 1.29 is 0 Å². The van der Waals surface area contributed by atoms with Crippen molar-refractivity contribution in [1.29, 1.82) is 0 Å². The zero-order valence-electron chi connectivity index (χ0n) is 3.46. The molecule has 0 aromatic heterocycles. The minimum Gasteiger partial charge on any atom is -0.114 e. The molecule has 34 valence electrons. The van der Waals surface area contributed by atoms with Gasteiger partial charge in [0.05, 0.1) is 0 Å². The molecule has 0 aliphatic carbocycles. The van der Waals surface area contributed by atoms with E-state index in [9.17, 15) is 0 Å². The van der Waals surface area contributed by atoms with Crippen LogP contribution in [0.25, 0.3) is 0 Å². The molecule has 2 heteroatoms. The SMILES string of the molecule is P/C=C/C=C/P. The highest BCUT2D eigenvalue weighted by molar-refractivity contribution is 7.21. The first-order valence-electron chi connectivity index (χ1n) is 1.67. The van der Waals surface area contributed by atoms with Gasteiger partial charge < -0.3 is 0 Å². The molecule has 0 heterocycles. The standard InChI is InChI=1S/C4H8P2/c5-3-1-2-4-6/h1-4H,5-6H2/b3-1+,4-2+. The Hall–Kier alpha value is 0.340. The van der Waals surface area contributed by atoms with Gasteiger partial charge >= 0.3 is 0 Å². The van der Waals surface area contributed by atoms with Gasteiger partial charge in [-0.15, -0.1) is 18.5 Å². The van der Waals surface area contributed by atoms with Gasteiger partial charge in [-0.1, -0.05) is 23.8 Å². The summed E-state index contributed by atoms with van der Waals surface area (Å²) in [4.78, 5) is 0. The number of hydrogen-bond donors (Lipinski definition) is 0. The Balaban J connectivity index is 3.07. The third-order valence-corrected chi connectivity index (χ3v) is 0.778. The van der Waals surface area contributed by atoms with Crippen LogP contribution in [0.1, 0.15) is 0 Å². The van der Waals surface area contributed by atoms with E-state index in [1.54, 1.807) is 0 Å². The first-order chi connectivity index (χ1) is 2.91. The number of hydrogen-bond acceptors (Lipinski definition) is 0. The first kappa shape index (κ1) is 6.34. The molecule has 0 aliphatic rings. The largest absolute Gasteiger partial charge is 0.114 e. The molecule has 0 radical (unpaired) electrons. The van der Waals surface area contributed by atoms with Gasteiger partial charge in [-0.25, -0.2) is 0 Å². The van der Waals surface area contributed by atoms with Crippen molar-refractivity contribution in [1.82, 2.24) is 0 Å². The summed E-state index contributed by atoms with van der Waals surface area (Å²) in [5.41, 5.74) is 0. The Labute approximate surface area is 43.1 Å². The summed E-state index contributed by atoms with van der Waals surface area (Å²) in [6.07, 6.45) is 3.88. The van der Waals surface area contributed by atoms with Crippen molar-refractivity contribution in [2.24, 2.45) is 0 Å². The highest BCUT2D eigenvalue weighted by Crippen LogP contribution is 1.87. The van der Waals surface area contributed by atoms with Crippen LogP contribution in [0.2, 0.25) is 0 Å². The summed E-state index contributed by atoms with van der Waals surface area (Å²) in [5, 5.41) is 0. The Kier molecular flexibility index (Phi) is 5.64. The van der Waals surface area contributed by atoms with E-state index >= 15 is 0 Å². The molecule has 6 heavy (non-hydrogen) atoms. The van der Waals surface area contributed by atoms with Crippen molar-refractivity contribution in [2.45, 2.75) is 0 Å². The highest BCUT2D eigenvalue weighted by atomic mass is 31.0. The average Bonchev–Trinajstić information content (AvgIpc) is 1.61. The summed E-state index contributed by atoms with van der Waals surface area (Å²) >= 11 is 0. The van der Waals surface area contributed by atoms with Crippen LogP contribution in [0.3, 0.4) is 0 Å². The molecule has 0 aliphatic heterocycles. The van der Waals surface area contributed by atoms with Gasteiger partial charge in [-0.05, 0) is 0 Å². The van der Waals surface area contributed by atoms with E-state index in [2.05, 4.69) is 18.5 Å². The maximum atomic E-state index is 2.49. The van der Waals surface area contributed by atoms with Crippen LogP contribution >= 0.6 is 18.5 Å². The summed E-state index contributed by atoms with van der Waals surface area (Å²) in [6.45, 7) is 0. The summed E-state index contributed by atoms with van der Waals surface area (Å²) in [5.74, 6) is 3.81. The smallest absolute Gasteiger partial charge is 0.0623 e. The van der Waals surface area contributed by atoms with Crippen LogP contribution in [0.4, 0.5) is 0 Å². The highest BCUT2D eigenvalue weighted by Gasteiger charge is 1.48. The quantitative estimate of drug-likeness (QED) is 0.363. The Morgan fingerprint density at radius 1 is 0.833 bits per heavy atom. The van der Waals surface area contributed by atoms with Gasteiger partial charge in [0.1, 0.15) is 0 Å². The normalized spacial score (nSPS) is 11.7. The lowest BCUT2D eigenvalue weighted by molar-refractivity contribution is 2.10. The summed E-state index contributed by atoms with van der Waals surface area (Å²) < 4.78 is 0. The van der Waals surface area contributed by atoms with Crippen molar-refractivity contribution >= 4 is 18.5 Å². The van der Waals surface area contributed by atoms with Crippen LogP contribution in [-0.2, 0) is 0 Å². The molecular weight excluding hydrogens is 110 g/mol. The molecular formula is C4H8P2. The predicted octanol–water partition coefficient (Wildman–Crippen LogP) is 1.76. The van der Waals surface area contributed by atoms with Gasteiger partial charge in [0.15, 0.2) is 0 Å². The van der Waals surface area contributed by atoms with Crippen molar-refractivity contribution in [2.75, 3.05) is 0 Å². The third kappa shape index (κ3) is 4.34. The van der Waals surface area contributed by atoms with Crippen LogP contribution in [0, 0.1) is 0 Å². The van der Waals surface area contributed by atoms with E-state index in [-0.39, 0.29) is 0 Å². The minimum atomic E-state index is 1.90. The topological polar surface area (TPSA) is 0 Å². The van der Waals surface area contributed by atoms with E-state index in [0.717, 1.165) is 0 Å². The zero-order chi connectivity index (χ0) is 4.83. The van der Waals surface area contributed by atoms with Crippen molar-refractivity contribution in [3.8, 4) is 0 Å². The zero-order valence-corrected chi connectivity index (χ0v) is 5.77. The molecule has 0 spiro atoms. The van der Waals surface area contributed by atoms with Gasteiger partial charge in [-0.3, -0.25) is 0 Å². The van der Waals surface area contributed by atoms with Crippen LogP contribution < -0.4 is 0 Å². The lowest BCUT2D eigenvalue weighted by Crippen LogP contribution is -1.33. The van der Waals surface area contributed by atoms with E-state index in [1.807, 2.05) is 23.8 Å². The van der Waals surface area contributed by atoms with Crippen LogP contribution in [-0.4, -0.2) is 0 Å². The van der Waals surface area contributed by atoms with Gasteiger partial charge in [0.2, 0.25) is 0 Å². The minimum absolute atomic E-state index is 1.90. The number of allylic oxidation sites excluding steroid dienone is 2. The lowest BCUT2D eigenvalue weighted by atomic mass is 10.6. The molecule has 0 saturated carbocycles. The molecule has 0 amide bonds. The lowest BCUT2D eigenvalue weighted by Gasteiger charge is -1.62. The fourth-order valence-electron chi connectivity index (χ4n) is 0.128. The Morgan fingerprint density at radius 3 is 1.33 bits per heavy atom. The number of rotatable bonds is 1. The van der Waals surface area contributed by atoms with Crippen molar-refractivity contribution in [3.05, 3.63) is 23.8 Å². The van der Waals surface area contributed by atoms with E-state index in [1.165, 1.54) is 0 Å². The molecule has 0 N–H and O–H groups in total. The second-order valence-corrected chi connectivity index (χ2v) is 1.54.